The van der Waals surface area contributed by atoms with Crippen molar-refractivity contribution in [1.29, 1.82) is 0 Å². The Labute approximate surface area is 132 Å². The SMILES string of the molecule is CCOc1cc2c(cc1CNC(=S)NC(C)C)O[C@H](C)C2. The lowest BCUT2D eigenvalue weighted by Crippen LogP contribution is -2.38. The van der Waals surface area contributed by atoms with Gasteiger partial charge in [-0.2, -0.15) is 0 Å². The first-order valence-electron chi connectivity index (χ1n) is 7.49. The number of rotatable bonds is 5. The van der Waals surface area contributed by atoms with Gasteiger partial charge in [0.1, 0.15) is 17.6 Å². The van der Waals surface area contributed by atoms with Gasteiger partial charge < -0.3 is 20.1 Å². The highest BCUT2D eigenvalue weighted by molar-refractivity contribution is 7.80. The normalized spacial score (nSPS) is 16.3. The summed E-state index contributed by atoms with van der Waals surface area (Å²) in [6.45, 7) is 9.47. The molecule has 0 amide bonds. The van der Waals surface area contributed by atoms with Crippen LogP contribution in [0.25, 0.3) is 0 Å². The number of ether oxygens (including phenoxy) is 2. The molecule has 1 aromatic carbocycles. The van der Waals surface area contributed by atoms with Crippen LogP contribution in [-0.2, 0) is 13.0 Å². The van der Waals surface area contributed by atoms with E-state index in [0.717, 1.165) is 23.5 Å². The Morgan fingerprint density at radius 3 is 2.90 bits per heavy atom. The van der Waals surface area contributed by atoms with Crippen molar-refractivity contribution in [3.63, 3.8) is 0 Å². The van der Waals surface area contributed by atoms with E-state index in [4.69, 9.17) is 21.7 Å². The Bertz CT molecular complexity index is 517. The molecule has 21 heavy (non-hydrogen) atoms. The van der Waals surface area contributed by atoms with Gasteiger partial charge in [-0.1, -0.05) is 0 Å². The highest BCUT2D eigenvalue weighted by atomic mass is 32.1. The van der Waals surface area contributed by atoms with Crippen molar-refractivity contribution in [1.82, 2.24) is 10.6 Å². The highest BCUT2D eigenvalue weighted by Gasteiger charge is 2.21. The zero-order valence-electron chi connectivity index (χ0n) is 13.2. The van der Waals surface area contributed by atoms with Crippen LogP contribution in [0.5, 0.6) is 11.5 Å². The van der Waals surface area contributed by atoms with Gasteiger partial charge in [0.25, 0.3) is 0 Å². The zero-order chi connectivity index (χ0) is 15.4. The van der Waals surface area contributed by atoms with Crippen LogP contribution in [0.3, 0.4) is 0 Å². The summed E-state index contributed by atoms with van der Waals surface area (Å²) >= 11 is 5.26. The smallest absolute Gasteiger partial charge is 0.166 e. The largest absolute Gasteiger partial charge is 0.494 e. The van der Waals surface area contributed by atoms with Crippen LogP contribution in [0.15, 0.2) is 12.1 Å². The molecule has 2 rings (SSSR count). The molecule has 0 aliphatic carbocycles. The maximum absolute atomic E-state index is 5.82. The third-order valence-corrected chi connectivity index (χ3v) is 3.50. The lowest BCUT2D eigenvalue weighted by molar-refractivity contribution is 0.254. The molecule has 0 spiro atoms. The standard InChI is InChI=1S/C16H24N2O2S/c1-5-19-14-7-12-6-11(4)20-15(12)8-13(14)9-17-16(21)18-10(2)3/h7-8,10-11H,5-6,9H2,1-4H3,(H2,17,18,21)/t11-/m1/s1. The van der Waals surface area contributed by atoms with E-state index in [9.17, 15) is 0 Å². The number of benzene rings is 1. The second-order valence-electron chi connectivity index (χ2n) is 5.61. The second kappa shape index (κ2) is 6.98. The lowest BCUT2D eigenvalue weighted by Gasteiger charge is -2.16. The molecule has 0 fully saturated rings. The Morgan fingerprint density at radius 2 is 2.24 bits per heavy atom. The van der Waals surface area contributed by atoms with Crippen molar-refractivity contribution in [2.75, 3.05) is 6.61 Å². The van der Waals surface area contributed by atoms with Gasteiger partial charge in [0.15, 0.2) is 5.11 Å². The first kappa shape index (κ1) is 15.9. The van der Waals surface area contributed by atoms with Crippen molar-refractivity contribution in [2.24, 2.45) is 0 Å². The number of hydrogen-bond acceptors (Lipinski definition) is 3. The fraction of sp³-hybridized carbons (Fsp3) is 0.562. The minimum absolute atomic E-state index is 0.237. The van der Waals surface area contributed by atoms with E-state index in [-0.39, 0.29) is 6.10 Å². The average Bonchev–Trinajstić information content (AvgIpc) is 2.74. The molecule has 1 aliphatic heterocycles. The van der Waals surface area contributed by atoms with Crippen LogP contribution in [0.4, 0.5) is 0 Å². The van der Waals surface area contributed by atoms with Crippen molar-refractivity contribution >= 4 is 17.3 Å². The molecule has 2 N–H and O–H groups in total. The Kier molecular flexibility index (Phi) is 5.28. The van der Waals surface area contributed by atoms with Gasteiger partial charge >= 0.3 is 0 Å². The topological polar surface area (TPSA) is 42.5 Å². The summed E-state index contributed by atoms with van der Waals surface area (Å²) in [7, 11) is 0. The number of nitrogens with one attached hydrogen (secondary N) is 2. The predicted molar refractivity (Wildman–Crippen MR) is 89.1 cm³/mol. The molecule has 0 radical (unpaired) electrons. The third kappa shape index (κ3) is 4.24. The highest BCUT2D eigenvalue weighted by Crippen LogP contribution is 2.35. The molecule has 0 saturated heterocycles. The van der Waals surface area contributed by atoms with E-state index in [1.54, 1.807) is 0 Å². The van der Waals surface area contributed by atoms with Crippen molar-refractivity contribution in [3.8, 4) is 11.5 Å². The van der Waals surface area contributed by atoms with Gasteiger partial charge in [0, 0.05) is 30.1 Å². The fourth-order valence-corrected chi connectivity index (χ4v) is 2.71. The maximum atomic E-state index is 5.82. The monoisotopic (exact) mass is 308 g/mol. The molecule has 1 heterocycles. The molecule has 1 aliphatic rings. The van der Waals surface area contributed by atoms with E-state index >= 15 is 0 Å². The van der Waals surface area contributed by atoms with Gasteiger partial charge in [-0.25, -0.2) is 0 Å². The van der Waals surface area contributed by atoms with Gasteiger partial charge in [0.05, 0.1) is 6.61 Å². The molecule has 0 saturated carbocycles. The molecule has 1 aromatic rings. The molecule has 116 valence electrons. The maximum Gasteiger partial charge on any atom is 0.166 e. The molecule has 1 atom stereocenters. The van der Waals surface area contributed by atoms with Gasteiger partial charge in [0.2, 0.25) is 0 Å². The van der Waals surface area contributed by atoms with Crippen LogP contribution in [-0.4, -0.2) is 23.9 Å². The van der Waals surface area contributed by atoms with E-state index in [1.165, 1.54) is 5.56 Å². The Morgan fingerprint density at radius 1 is 1.48 bits per heavy atom. The summed E-state index contributed by atoms with van der Waals surface area (Å²) in [5.41, 5.74) is 2.29. The summed E-state index contributed by atoms with van der Waals surface area (Å²) in [6, 6.07) is 4.48. The van der Waals surface area contributed by atoms with E-state index in [1.807, 2.05) is 6.92 Å². The van der Waals surface area contributed by atoms with E-state index in [0.29, 0.717) is 24.3 Å². The molecular formula is C16H24N2O2S. The zero-order valence-corrected chi connectivity index (χ0v) is 14.0. The first-order valence-corrected chi connectivity index (χ1v) is 7.90. The number of thiocarbonyl (C=S) groups is 1. The molecule has 0 bridgehead atoms. The minimum Gasteiger partial charge on any atom is -0.494 e. The summed E-state index contributed by atoms with van der Waals surface area (Å²) < 4.78 is 11.6. The number of fused-ring (bicyclic) bond motifs is 1. The van der Waals surface area contributed by atoms with Gasteiger partial charge in [-0.05, 0) is 52.0 Å². The first-order chi connectivity index (χ1) is 9.99. The second-order valence-corrected chi connectivity index (χ2v) is 6.02. The molecule has 0 unspecified atom stereocenters. The van der Waals surface area contributed by atoms with Crippen LogP contribution >= 0.6 is 12.2 Å². The Hall–Kier alpha value is -1.49. The summed E-state index contributed by atoms with van der Waals surface area (Å²) in [5, 5.41) is 7.04. The van der Waals surface area contributed by atoms with Crippen LogP contribution in [0, 0.1) is 0 Å². The van der Waals surface area contributed by atoms with E-state index < -0.39 is 0 Å². The fourth-order valence-electron chi connectivity index (χ4n) is 2.40. The summed E-state index contributed by atoms with van der Waals surface area (Å²) in [4.78, 5) is 0. The lowest BCUT2D eigenvalue weighted by atomic mass is 10.1. The van der Waals surface area contributed by atoms with Crippen LogP contribution < -0.4 is 20.1 Å². The Balaban J connectivity index is 2.10. The number of hydrogen-bond donors (Lipinski definition) is 2. The summed E-state index contributed by atoms with van der Waals surface area (Å²) in [6.07, 6.45) is 1.18. The van der Waals surface area contributed by atoms with Crippen LogP contribution in [0.1, 0.15) is 38.8 Å². The third-order valence-electron chi connectivity index (χ3n) is 3.24. The predicted octanol–water partition coefficient (Wildman–Crippen LogP) is 2.78. The van der Waals surface area contributed by atoms with Crippen LogP contribution in [0.2, 0.25) is 0 Å². The molecular weight excluding hydrogens is 284 g/mol. The molecule has 4 nitrogen and oxygen atoms in total. The van der Waals surface area contributed by atoms with Crippen molar-refractivity contribution in [3.05, 3.63) is 23.3 Å². The molecule has 5 heteroatoms. The summed E-state index contributed by atoms with van der Waals surface area (Å²) in [5.74, 6) is 1.87. The van der Waals surface area contributed by atoms with Gasteiger partial charge in [-0.15, -0.1) is 0 Å². The van der Waals surface area contributed by atoms with Crippen molar-refractivity contribution in [2.45, 2.75) is 52.8 Å². The van der Waals surface area contributed by atoms with Gasteiger partial charge in [-0.3, -0.25) is 0 Å². The molecule has 0 aromatic heterocycles. The quantitative estimate of drug-likeness (QED) is 0.819. The van der Waals surface area contributed by atoms with Crippen molar-refractivity contribution < 1.29 is 9.47 Å². The average molecular weight is 308 g/mol. The van der Waals surface area contributed by atoms with E-state index in [2.05, 4.69) is 43.5 Å². The minimum atomic E-state index is 0.237.